The van der Waals surface area contributed by atoms with Gasteiger partial charge in [-0.25, -0.2) is 18.7 Å². The summed E-state index contributed by atoms with van der Waals surface area (Å²) < 4.78 is 29.9. The fraction of sp³-hybridized carbons (Fsp3) is 0.391. The summed E-state index contributed by atoms with van der Waals surface area (Å²) in [6.45, 7) is 6.25. The van der Waals surface area contributed by atoms with Gasteiger partial charge in [0.2, 0.25) is 0 Å². The molecule has 3 aromatic rings. The first-order chi connectivity index (χ1) is 14.5. The summed E-state index contributed by atoms with van der Waals surface area (Å²) in [5.74, 6) is 1.43. The Kier molecular flexibility index (Phi) is 4.58. The average molecular weight is 409 g/mol. The van der Waals surface area contributed by atoms with E-state index in [2.05, 4.69) is 39.7 Å². The van der Waals surface area contributed by atoms with Crippen LogP contribution in [-0.4, -0.2) is 32.5 Å². The Bertz CT molecular complexity index is 1080. The Hall–Kier alpha value is -2.80. The van der Waals surface area contributed by atoms with Crippen molar-refractivity contribution in [1.29, 1.82) is 0 Å². The summed E-state index contributed by atoms with van der Waals surface area (Å²) in [7, 11) is 0. The first kappa shape index (κ1) is 19.2. The van der Waals surface area contributed by atoms with Crippen molar-refractivity contribution in [2.45, 2.75) is 44.7 Å². The fourth-order valence-corrected chi connectivity index (χ4v) is 4.71. The van der Waals surface area contributed by atoms with Crippen molar-refractivity contribution in [2.75, 3.05) is 18.4 Å². The lowest BCUT2D eigenvalue weighted by Crippen LogP contribution is -2.49. The number of hydrogen-bond donors (Lipinski definition) is 1. The summed E-state index contributed by atoms with van der Waals surface area (Å²) in [5, 5.41) is 3.69. The van der Waals surface area contributed by atoms with Gasteiger partial charge in [-0.05, 0) is 43.2 Å². The molecule has 0 unspecified atom stereocenters. The van der Waals surface area contributed by atoms with Crippen LogP contribution in [0.3, 0.4) is 0 Å². The number of aromatic nitrogens is 3. The summed E-state index contributed by atoms with van der Waals surface area (Å²) in [6, 6.07) is 7.67. The number of hydrogen-bond acceptors (Lipinski definition) is 4. The number of anilines is 1. The van der Waals surface area contributed by atoms with Crippen LogP contribution in [0.2, 0.25) is 0 Å². The highest BCUT2D eigenvalue weighted by molar-refractivity contribution is 5.63. The van der Waals surface area contributed by atoms with Crippen LogP contribution in [0.5, 0.6) is 0 Å². The van der Waals surface area contributed by atoms with E-state index in [0.29, 0.717) is 12.1 Å². The zero-order chi connectivity index (χ0) is 20.9. The zero-order valence-electron chi connectivity index (χ0n) is 17.2. The number of rotatable bonds is 3. The zero-order valence-corrected chi connectivity index (χ0v) is 17.2. The molecule has 1 spiro atoms. The Morgan fingerprint density at radius 3 is 2.70 bits per heavy atom. The molecule has 5 rings (SSSR count). The van der Waals surface area contributed by atoms with E-state index in [0.717, 1.165) is 55.0 Å². The van der Waals surface area contributed by atoms with Crippen molar-refractivity contribution >= 4 is 5.82 Å². The molecule has 7 heteroatoms. The molecular formula is C23H25F2N5. The van der Waals surface area contributed by atoms with Crippen molar-refractivity contribution in [2.24, 2.45) is 0 Å². The summed E-state index contributed by atoms with van der Waals surface area (Å²) in [5.41, 5.74) is 2.33. The standard InChI is InChI=1S/C23H25F2N5/c1-15(2)22-27-13-20-23(28-21-19(30(20)22)4-3-9-26-21)7-10-29(11-8-23)14-16-12-17(24)5-6-18(16)25/h3-6,9,12-13,15H,7-8,10-11,14H2,1-2H3,(H,26,28). The third kappa shape index (κ3) is 3.08. The predicted octanol–water partition coefficient (Wildman–Crippen LogP) is 4.59. The maximum absolute atomic E-state index is 14.1. The number of piperidine rings is 1. The normalized spacial score (nSPS) is 17.6. The van der Waals surface area contributed by atoms with Crippen LogP contribution in [0, 0.1) is 11.6 Å². The van der Waals surface area contributed by atoms with Crippen LogP contribution < -0.4 is 5.32 Å². The maximum atomic E-state index is 14.1. The minimum absolute atomic E-state index is 0.265. The quantitative estimate of drug-likeness (QED) is 0.688. The Morgan fingerprint density at radius 2 is 1.93 bits per heavy atom. The topological polar surface area (TPSA) is 46.0 Å². The van der Waals surface area contributed by atoms with Crippen molar-refractivity contribution in [3.8, 4) is 5.69 Å². The minimum atomic E-state index is -0.401. The molecule has 2 aliphatic rings. The second-order valence-corrected chi connectivity index (χ2v) is 8.58. The number of benzene rings is 1. The van der Waals surface area contributed by atoms with E-state index < -0.39 is 5.82 Å². The summed E-state index contributed by atoms with van der Waals surface area (Å²) in [6.07, 6.45) is 5.46. The molecule has 2 aromatic heterocycles. The molecule has 1 aromatic carbocycles. The summed E-state index contributed by atoms with van der Waals surface area (Å²) >= 11 is 0. The van der Waals surface area contributed by atoms with Gasteiger partial charge in [0, 0.05) is 37.3 Å². The highest BCUT2D eigenvalue weighted by Gasteiger charge is 2.43. The highest BCUT2D eigenvalue weighted by atomic mass is 19.1. The molecule has 5 nitrogen and oxygen atoms in total. The molecule has 1 fully saturated rings. The molecular weight excluding hydrogens is 384 g/mol. The predicted molar refractivity (Wildman–Crippen MR) is 112 cm³/mol. The van der Waals surface area contributed by atoms with Crippen LogP contribution >= 0.6 is 0 Å². The molecule has 1 saturated heterocycles. The van der Waals surface area contributed by atoms with Crippen molar-refractivity contribution in [3.63, 3.8) is 0 Å². The van der Waals surface area contributed by atoms with E-state index in [-0.39, 0.29) is 17.3 Å². The van der Waals surface area contributed by atoms with Gasteiger partial charge in [0.05, 0.1) is 23.1 Å². The number of likely N-dealkylation sites (tertiary alicyclic amines) is 1. The Morgan fingerprint density at radius 1 is 1.13 bits per heavy atom. The molecule has 0 amide bonds. The van der Waals surface area contributed by atoms with Gasteiger partial charge in [-0.15, -0.1) is 0 Å². The van der Waals surface area contributed by atoms with Crippen LogP contribution in [0.25, 0.3) is 5.69 Å². The van der Waals surface area contributed by atoms with E-state index in [1.54, 1.807) is 6.20 Å². The van der Waals surface area contributed by atoms with Crippen molar-refractivity contribution in [1.82, 2.24) is 19.4 Å². The van der Waals surface area contributed by atoms with Crippen molar-refractivity contribution < 1.29 is 8.78 Å². The number of nitrogens with zero attached hydrogens (tertiary/aromatic N) is 4. The van der Waals surface area contributed by atoms with E-state index in [1.165, 1.54) is 12.1 Å². The Balaban J connectivity index is 1.44. The monoisotopic (exact) mass is 409 g/mol. The van der Waals surface area contributed by atoms with Crippen LogP contribution in [0.1, 0.15) is 49.7 Å². The van der Waals surface area contributed by atoms with Gasteiger partial charge in [0.15, 0.2) is 5.82 Å². The number of imidazole rings is 1. The van der Waals surface area contributed by atoms with E-state index in [1.807, 2.05) is 12.3 Å². The maximum Gasteiger partial charge on any atom is 0.151 e. The van der Waals surface area contributed by atoms with Gasteiger partial charge in [-0.2, -0.15) is 0 Å². The molecule has 0 saturated carbocycles. The lowest BCUT2D eigenvalue weighted by molar-refractivity contribution is 0.160. The molecule has 1 N–H and O–H groups in total. The van der Waals surface area contributed by atoms with Gasteiger partial charge in [0.1, 0.15) is 17.5 Å². The molecule has 0 radical (unpaired) electrons. The largest absolute Gasteiger partial charge is 0.357 e. The lowest BCUT2D eigenvalue weighted by atomic mass is 9.83. The smallest absolute Gasteiger partial charge is 0.151 e. The van der Waals surface area contributed by atoms with Gasteiger partial charge >= 0.3 is 0 Å². The van der Waals surface area contributed by atoms with Crippen LogP contribution in [0.15, 0.2) is 42.7 Å². The van der Waals surface area contributed by atoms with Gasteiger partial charge < -0.3 is 5.32 Å². The number of nitrogens with one attached hydrogen (secondary N) is 1. The average Bonchev–Trinajstić information content (AvgIpc) is 3.19. The summed E-state index contributed by atoms with van der Waals surface area (Å²) in [4.78, 5) is 11.5. The highest BCUT2D eigenvalue weighted by Crippen LogP contribution is 2.44. The fourth-order valence-electron chi connectivity index (χ4n) is 4.71. The first-order valence-electron chi connectivity index (χ1n) is 10.4. The van der Waals surface area contributed by atoms with Crippen molar-refractivity contribution in [3.05, 3.63) is 71.4 Å². The number of pyridine rings is 1. The number of halogens is 2. The molecule has 2 aliphatic heterocycles. The third-order valence-electron chi connectivity index (χ3n) is 6.29. The second kappa shape index (κ2) is 7.16. The molecule has 4 heterocycles. The molecule has 0 aliphatic carbocycles. The second-order valence-electron chi connectivity index (χ2n) is 8.58. The molecule has 0 atom stereocenters. The lowest BCUT2D eigenvalue weighted by Gasteiger charge is -2.45. The minimum Gasteiger partial charge on any atom is -0.357 e. The molecule has 30 heavy (non-hydrogen) atoms. The van der Waals surface area contributed by atoms with E-state index >= 15 is 0 Å². The Labute approximate surface area is 174 Å². The number of fused-ring (bicyclic) bond motifs is 4. The first-order valence-corrected chi connectivity index (χ1v) is 10.4. The van der Waals surface area contributed by atoms with E-state index in [4.69, 9.17) is 4.98 Å². The van der Waals surface area contributed by atoms with Gasteiger partial charge in [-0.3, -0.25) is 9.47 Å². The van der Waals surface area contributed by atoms with Crippen LogP contribution in [-0.2, 0) is 12.1 Å². The van der Waals surface area contributed by atoms with E-state index in [9.17, 15) is 8.78 Å². The van der Waals surface area contributed by atoms with Gasteiger partial charge in [-0.1, -0.05) is 13.8 Å². The molecule has 156 valence electrons. The third-order valence-corrected chi connectivity index (χ3v) is 6.29. The van der Waals surface area contributed by atoms with Gasteiger partial charge in [0.25, 0.3) is 0 Å². The molecule has 0 bridgehead atoms. The van der Waals surface area contributed by atoms with Crippen LogP contribution in [0.4, 0.5) is 14.6 Å². The SMILES string of the molecule is CC(C)c1ncc2n1-c1cccnc1NC21CCN(Cc2cc(F)ccc2F)CC1.